The van der Waals surface area contributed by atoms with E-state index in [1.54, 1.807) is 38.4 Å². The Hall–Kier alpha value is -3.95. The summed E-state index contributed by atoms with van der Waals surface area (Å²) in [4.78, 5) is 44.4. The van der Waals surface area contributed by atoms with E-state index in [1.807, 2.05) is 6.07 Å². The highest BCUT2D eigenvalue weighted by molar-refractivity contribution is 6.11. The van der Waals surface area contributed by atoms with Gasteiger partial charge in [0.25, 0.3) is 5.91 Å². The fraction of sp³-hybridized carbons (Fsp3) is 0.423. The molecule has 0 unspecified atom stereocenters. The van der Waals surface area contributed by atoms with Crippen molar-refractivity contribution < 1.29 is 28.6 Å². The smallest absolute Gasteiger partial charge is 0.253 e. The van der Waals surface area contributed by atoms with Crippen molar-refractivity contribution in [2.75, 3.05) is 63.6 Å². The lowest BCUT2D eigenvalue weighted by molar-refractivity contribution is -0.123. The van der Waals surface area contributed by atoms with E-state index in [2.05, 4.69) is 10.2 Å². The SMILES string of the molecule is COc1cc(NC(=O)CN2C(=O)[C@@H]3CCCCN3c3ccc(C(=O)N(C)C)cc32)cc(OC)c1OC. The topological polar surface area (TPSA) is 101 Å². The Morgan fingerprint density at radius 2 is 1.69 bits per heavy atom. The Bertz CT molecular complexity index is 1160. The second-order valence-corrected chi connectivity index (χ2v) is 8.99. The van der Waals surface area contributed by atoms with Crippen molar-refractivity contribution >= 4 is 34.8 Å². The molecule has 1 saturated heterocycles. The number of nitrogens with zero attached hydrogens (tertiary/aromatic N) is 3. The Kier molecular flexibility index (Phi) is 7.23. The van der Waals surface area contributed by atoms with E-state index < -0.39 is 5.91 Å². The number of hydrogen-bond acceptors (Lipinski definition) is 7. The third-order valence-electron chi connectivity index (χ3n) is 6.53. The van der Waals surface area contributed by atoms with Gasteiger partial charge in [-0.2, -0.15) is 0 Å². The number of anilines is 3. The lowest BCUT2D eigenvalue weighted by Gasteiger charge is -2.45. The first kappa shape index (κ1) is 25.2. The van der Waals surface area contributed by atoms with Gasteiger partial charge in [0.05, 0.1) is 32.7 Å². The monoisotopic (exact) mass is 496 g/mol. The molecule has 0 radical (unpaired) electrons. The summed E-state index contributed by atoms with van der Waals surface area (Å²) < 4.78 is 16.1. The van der Waals surface area contributed by atoms with Crippen LogP contribution in [0.5, 0.6) is 17.2 Å². The first-order valence-corrected chi connectivity index (χ1v) is 11.8. The fourth-order valence-electron chi connectivity index (χ4n) is 4.81. The van der Waals surface area contributed by atoms with Gasteiger partial charge < -0.3 is 29.3 Å². The zero-order valence-corrected chi connectivity index (χ0v) is 21.3. The Labute approximate surface area is 210 Å². The van der Waals surface area contributed by atoms with Crippen molar-refractivity contribution in [3.63, 3.8) is 0 Å². The first-order valence-electron chi connectivity index (χ1n) is 11.8. The van der Waals surface area contributed by atoms with Crippen molar-refractivity contribution in [3.05, 3.63) is 35.9 Å². The molecule has 0 saturated carbocycles. The number of nitrogens with one attached hydrogen (secondary N) is 1. The van der Waals surface area contributed by atoms with Crippen LogP contribution in [0.15, 0.2) is 30.3 Å². The molecule has 1 fully saturated rings. The number of carbonyl (C=O) groups is 3. The molecule has 1 atom stereocenters. The van der Waals surface area contributed by atoms with Gasteiger partial charge in [0.15, 0.2) is 11.5 Å². The molecule has 2 aromatic rings. The minimum absolute atomic E-state index is 0.142. The predicted octanol–water partition coefficient (Wildman–Crippen LogP) is 2.76. The molecule has 10 heteroatoms. The lowest BCUT2D eigenvalue weighted by atomic mass is 9.95. The third-order valence-corrected chi connectivity index (χ3v) is 6.53. The summed E-state index contributed by atoms with van der Waals surface area (Å²) >= 11 is 0. The molecule has 2 aromatic carbocycles. The largest absolute Gasteiger partial charge is 0.493 e. The zero-order chi connectivity index (χ0) is 26.0. The van der Waals surface area contributed by atoms with E-state index >= 15 is 0 Å². The number of ether oxygens (including phenoxy) is 3. The highest BCUT2D eigenvalue weighted by Crippen LogP contribution is 2.41. The van der Waals surface area contributed by atoms with Crippen molar-refractivity contribution in [2.45, 2.75) is 25.3 Å². The number of hydrogen-bond donors (Lipinski definition) is 1. The maximum absolute atomic E-state index is 13.6. The highest BCUT2D eigenvalue weighted by atomic mass is 16.5. The third kappa shape index (κ3) is 4.62. The Balaban J connectivity index is 1.66. The van der Waals surface area contributed by atoms with Crippen LogP contribution in [-0.4, -0.2) is 77.2 Å². The van der Waals surface area contributed by atoms with Crippen molar-refractivity contribution in [3.8, 4) is 17.2 Å². The van der Waals surface area contributed by atoms with Crippen molar-refractivity contribution in [2.24, 2.45) is 0 Å². The standard InChI is InChI=1S/C26H32N4O6/c1-28(2)25(32)16-9-10-18-20(12-16)30(26(33)19-8-6-7-11-29(18)19)15-23(31)27-17-13-21(34-3)24(36-5)22(14-17)35-4/h9-10,12-14,19H,6-8,11,15H2,1-5H3,(H,27,31)/t19-/m0/s1. The summed E-state index contributed by atoms with van der Waals surface area (Å²) in [5.41, 5.74) is 2.31. The molecule has 0 spiro atoms. The number of piperidine rings is 1. The highest BCUT2D eigenvalue weighted by Gasteiger charge is 2.40. The number of rotatable bonds is 7. The van der Waals surface area contributed by atoms with Crippen molar-refractivity contribution in [1.29, 1.82) is 0 Å². The van der Waals surface area contributed by atoms with Gasteiger partial charge in [-0.05, 0) is 37.5 Å². The van der Waals surface area contributed by atoms with Crippen LogP contribution in [0.2, 0.25) is 0 Å². The molecule has 2 heterocycles. The number of benzene rings is 2. The molecule has 10 nitrogen and oxygen atoms in total. The molecule has 2 aliphatic rings. The maximum atomic E-state index is 13.6. The van der Waals surface area contributed by atoms with E-state index in [-0.39, 0.29) is 24.4 Å². The van der Waals surface area contributed by atoms with Gasteiger partial charge >= 0.3 is 0 Å². The quantitative estimate of drug-likeness (QED) is 0.629. The van der Waals surface area contributed by atoms with Gasteiger partial charge in [-0.3, -0.25) is 19.3 Å². The van der Waals surface area contributed by atoms with E-state index in [9.17, 15) is 14.4 Å². The van der Waals surface area contributed by atoms with Crippen LogP contribution in [0, 0.1) is 0 Å². The first-order chi connectivity index (χ1) is 17.3. The second-order valence-electron chi connectivity index (χ2n) is 8.99. The molecule has 0 aromatic heterocycles. The zero-order valence-electron chi connectivity index (χ0n) is 21.3. The molecule has 192 valence electrons. The molecule has 36 heavy (non-hydrogen) atoms. The molecule has 0 bridgehead atoms. The summed E-state index contributed by atoms with van der Waals surface area (Å²) in [5.74, 6) is 0.503. The van der Waals surface area contributed by atoms with Crippen molar-refractivity contribution in [1.82, 2.24) is 4.90 Å². The van der Waals surface area contributed by atoms with Gasteiger partial charge in [-0.25, -0.2) is 0 Å². The number of fused-ring (bicyclic) bond motifs is 3. The average molecular weight is 497 g/mol. The van der Waals surface area contributed by atoms with E-state index in [0.717, 1.165) is 31.5 Å². The van der Waals surface area contributed by atoms with Gasteiger partial charge in [0, 0.05) is 44.0 Å². The van der Waals surface area contributed by atoms with Crippen LogP contribution in [0.4, 0.5) is 17.1 Å². The molecular weight excluding hydrogens is 464 g/mol. The number of amides is 3. The molecule has 1 N–H and O–H groups in total. The molecule has 0 aliphatic carbocycles. The number of carbonyl (C=O) groups excluding carboxylic acids is 3. The Morgan fingerprint density at radius 1 is 1.00 bits per heavy atom. The lowest BCUT2D eigenvalue weighted by Crippen LogP contribution is -2.56. The van der Waals surface area contributed by atoms with Crippen LogP contribution < -0.4 is 29.3 Å². The second kappa shape index (κ2) is 10.3. The molecule has 2 aliphatic heterocycles. The normalized spacial score (nSPS) is 16.6. The summed E-state index contributed by atoms with van der Waals surface area (Å²) in [6, 6.07) is 8.28. The number of methoxy groups -OCH3 is 3. The van der Waals surface area contributed by atoms with Gasteiger partial charge in [0.2, 0.25) is 17.6 Å². The van der Waals surface area contributed by atoms with Crippen LogP contribution in [0.1, 0.15) is 29.6 Å². The van der Waals surface area contributed by atoms with Gasteiger partial charge in [-0.1, -0.05) is 0 Å². The van der Waals surface area contributed by atoms with Gasteiger partial charge in [0.1, 0.15) is 12.6 Å². The summed E-state index contributed by atoms with van der Waals surface area (Å²) in [7, 11) is 7.85. The van der Waals surface area contributed by atoms with E-state index in [4.69, 9.17) is 14.2 Å². The van der Waals surface area contributed by atoms with E-state index in [0.29, 0.717) is 34.2 Å². The minimum Gasteiger partial charge on any atom is -0.493 e. The Morgan fingerprint density at radius 3 is 2.31 bits per heavy atom. The van der Waals surface area contributed by atoms with Gasteiger partial charge in [-0.15, -0.1) is 0 Å². The minimum atomic E-state index is -0.392. The summed E-state index contributed by atoms with van der Waals surface area (Å²) in [5, 5.41) is 2.83. The van der Waals surface area contributed by atoms with Crippen LogP contribution in [-0.2, 0) is 9.59 Å². The van der Waals surface area contributed by atoms with Crippen LogP contribution in [0.3, 0.4) is 0 Å². The molecular formula is C26H32N4O6. The molecule has 4 rings (SSSR count). The predicted molar refractivity (Wildman–Crippen MR) is 137 cm³/mol. The fourth-order valence-corrected chi connectivity index (χ4v) is 4.81. The summed E-state index contributed by atoms with van der Waals surface area (Å²) in [6.45, 7) is 0.558. The van der Waals surface area contributed by atoms with E-state index in [1.165, 1.54) is 31.1 Å². The molecule has 3 amide bonds. The maximum Gasteiger partial charge on any atom is 0.253 e. The van der Waals surface area contributed by atoms with Crippen LogP contribution in [0.25, 0.3) is 0 Å². The van der Waals surface area contributed by atoms with Crippen LogP contribution >= 0.6 is 0 Å². The average Bonchev–Trinajstić information content (AvgIpc) is 2.89. The summed E-state index contributed by atoms with van der Waals surface area (Å²) in [6.07, 6.45) is 2.66.